The van der Waals surface area contributed by atoms with Gasteiger partial charge in [0, 0.05) is 17.7 Å². The second-order valence-corrected chi connectivity index (χ2v) is 2.93. The van der Waals surface area contributed by atoms with Crippen LogP contribution < -0.4 is 4.74 Å². The van der Waals surface area contributed by atoms with E-state index < -0.39 is 0 Å². The highest BCUT2D eigenvalue weighted by Crippen LogP contribution is 2.36. The van der Waals surface area contributed by atoms with E-state index >= 15 is 0 Å². The first-order valence-corrected chi connectivity index (χ1v) is 4.39. The van der Waals surface area contributed by atoms with Gasteiger partial charge in [0.2, 0.25) is 6.29 Å². The number of hydrogen-bond acceptors (Lipinski definition) is 2. The van der Waals surface area contributed by atoms with Gasteiger partial charge in [-0.05, 0) is 13.0 Å². The molecule has 0 spiro atoms. The maximum Gasteiger partial charge on any atom is 0.226 e. The Labute approximate surface area is 77.8 Å². The summed E-state index contributed by atoms with van der Waals surface area (Å²) in [6.45, 7) is 6.53. The third-order valence-corrected chi connectivity index (χ3v) is 2.07. The van der Waals surface area contributed by atoms with Crippen LogP contribution >= 0.6 is 0 Å². The molecule has 1 aromatic carbocycles. The fourth-order valence-corrected chi connectivity index (χ4v) is 1.43. The maximum atomic E-state index is 5.54. The number of para-hydroxylation sites is 1. The largest absolute Gasteiger partial charge is 0.460 e. The van der Waals surface area contributed by atoms with Crippen molar-refractivity contribution >= 4 is 5.57 Å². The van der Waals surface area contributed by atoms with Crippen molar-refractivity contribution in [1.29, 1.82) is 0 Å². The topological polar surface area (TPSA) is 18.5 Å². The molecular weight excluding hydrogens is 164 g/mol. The standard InChI is InChI=1S/C11H12O2/c1-3-12-11-8(2)9-6-4-5-7-10(9)13-11/h4-7,11H,2-3H2,1H3. The molecule has 1 aromatic rings. The minimum Gasteiger partial charge on any atom is -0.460 e. The molecule has 0 saturated carbocycles. The van der Waals surface area contributed by atoms with Crippen molar-refractivity contribution in [2.75, 3.05) is 6.61 Å². The predicted octanol–water partition coefficient (Wildman–Crippen LogP) is 2.45. The first-order chi connectivity index (χ1) is 6.33. The smallest absolute Gasteiger partial charge is 0.226 e. The van der Waals surface area contributed by atoms with Crippen molar-refractivity contribution in [3.05, 3.63) is 36.4 Å². The first kappa shape index (κ1) is 8.32. The van der Waals surface area contributed by atoms with E-state index in [1.54, 1.807) is 0 Å². The van der Waals surface area contributed by atoms with Gasteiger partial charge in [0.05, 0.1) is 0 Å². The quantitative estimate of drug-likeness (QED) is 0.689. The van der Waals surface area contributed by atoms with Crippen molar-refractivity contribution in [3.8, 4) is 5.75 Å². The van der Waals surface area contributed by atoms with E-state index in [4.69, 9.17) is 9.47 Å². The zero-order valence-corrected chi connectivity index (χ0v) is 7.62. The summed E-state index contributed by atoms with van der Waals surface area (Å²) in [5.74, 6) is 0.867. The number of hydrogen-bond donors (Lipinski definition) is 0. The minimum absolute atomic E-state index is 0.289. The van der Waals surface area contributed by atoms with Crippen molar-refractivity contribution in [2.45, 2.75) is 13.2 Å². The van der Waals surface area contributed by atoms with E-state index in [2.05, 4.69) is 6.58 Å². The highest BCUT2D eigenvalue weighted by Gasteiger charge is 2.26. The zero-order chi connectivity index (χ0) is 9.26. The number of rotatable bonds is 2. The van der Waals surface area contributed by atoms with Gasteiger partial charge in [0.25, 0.3) is 0 Å². The molecule has 0 bridgehead atoms. The lowest BCUT2D eigenvalue weighted by atomic mass is 10.1. The van der Waals surface area contributed by atoms with E-state index in [-0.39, 0.29) is 6.29 Å². The van der Waals surface area contributed by atoms with Crippen LogP contribution in [0.2, 0.25) is 0 Å². The molecule has 1 aliphatic rings. The molecule has 68 valence electrons. The van der Waals surface area contributed by atoms with Crippen LogP contribution in [0.25, 0.3) is 5.57 Å². The molecule has 0 saturated heterocycles. The fourth-order valence-electron chi connectivity index (χ4n) is 1.43. The summed E-state index contributed by atoms with van der Waals surface area (Å²) in [7, 11) is 0. The molecule has 0 fully saturated rings. The Kier molecular flexibility index (Phi) is 2.07. The molecular formula is C11H12O2. The van der Waals surface area contributed by atoms with Crippen LogP contribution in [0.1, 0.15) is 12.5 Å². The van der Waals surface area contributed by atoms with Crippen LogP contribution in [0.5, 0.6) is 5.75 Å². The summed E-state index contributed by atoms with van der Waals surface area (Å²) in [6, 6.07) is 7.85. The molecule has 2 nitrogen and oxygen atoms in total. The second-order valence-electron chi connectivity index (χ2n) is 2.93. The van der Waals surface area contributed by atoms with Crippen LogP contribution in [0.15, 0.2) is 30.8 Å². The highest BCUT2D eigenvalue weighted by molar-refractivity contribution is 5.74. The van der Waals surface area contributed by atoms with E-state index in [9.17, 15) is 0 Å². The van der Waals surface area contributed by atoms with Gasteiger partial charge in [-0.25, -0.2) is 0 Å². The molecule has 0 aromatic heterocycles. The van der Waals surface area contributed by atoms with Gasteiger partial charge in [0.1, 0.15) is 5.75 Å². The Balaban J connectivity index is 2.28. The Morgan fingerprint density at radius 1 is 1.46 bits per heavy atom. The number of benzene rings is 1. The molecule has 2 rings (SSSR count). The average molecular weight is 176 g/mol. The van der Waals surface area contributed by atoms with E-state index in [1.807, 2.05) is 31.2 Å². The van der Waals surface area contributed by atoms with E-state index in [0.29, 0.717) is 6.61 Å². The summed E-state index contributed by atoms with van der Waals surface area (Å²) >= 11 is 0. The van der Waals surface area contributed by atoms with Crippen LogP contribution in [0, 0.1) is 0 Å². The molecule has 0 N–H and O–H groups in total. The third kappa shape index (κ3) is 1.33. The molecule has 13 heavy (non-hydrogen) atoms. The lowest BCUT2D eigenvalue weighted by molar-refractivity contribution is -0.0244. The van der Waals surface area contributed by atoms with Crippen LogP contribution in [-0.2, 0) is 4.74 Å². The summed E-state index contributed by atoms with van der Waals surface area (Å²) in [5, 5.41) is 0. The van der Waals surface area contributed by atoms with Crippen molar-refractivity contribution < 1.29 is 9.47 Å². The summed E-state index contributed by atoms with van der Waals surface area (Å²) in [4.78, 5) is 0. The summed E-state index contributed by atoms with van der Waals surface area (Å²) < 4.78 is 10.9. The lowest BCUT2D eigenvalue weighted by Gasteiger charge is -2.10. The second kappa shape index (κ2) is 3.23. The van der Waals surface area contributed by atoms with Crippen molar-refractivity contribution in [2.24, 2.45) is 0 Å². The monoisotopic (exact) mass is 176 g/mol. The number of ether oxygens (including phenoxy) is 2. The molecule has 0 aliphatic carbocycles. The van der Waals surface area contributed by atoms with Gasteiger partial charge in [-0.1, -0.05) is 24.8 Å². The molecule has 0 radical (unpaired) electrons. The molecule has 0 amide bonds. The summed E-state index contributed by atoms with van der Waals surface area (Å²) in [6.07, 6.45) is -0.289. The lowest BCUT2D eigenvalue weighted by Crippen LogP contribution is -2.15. The SMILES string of the molecule is C=C1c2ccccc2OC1OCC. The van der Waals surface area contributed by atoms with Crippen molar-refractivity contribution in [3.63, 3.8) is 0 Å². The molecule has 1 aliphatic heterocycles. The third-order valence-electron chi connectivity index (χ3n) is 2.07. The Morgan fingerprint density at radius 2 is 2.23 bits per heavy atom. The van der Waals surface area contributed by atoms with E-state index in [1.165, 1.54) is 0 Å². The predicted molar refractivity (Wildman–Crippen MR) is 51.5 cm³/mol. The van der Waals surface area contributed by atoms with Crippen LogP contribution in [-0.4, -0.2) is 12.9 Å². The zero-order valence-electron chi connectivity index (χ0n) is 7.62. The van der Waals surface area contributed by atoms with Gasteiger partial charge in [-0.3, -0.25) is 0 Å². The summed E-state index contributed by atoms with van der Waals surface area (Å²) in [5.41, 5.74) is 1.97. The van der Waals surface area contributed by atoms with Crippen molar-refractivity contribution in [1.82, 2.24) is 0 Å². The maximum absolute atomic E-state index is 5.54. The fraction of sp³-hybridized carbons (Fsp3) is 0.273. The average Bonchev–Trinajstić information content (AvgIpc) is 2.46. The van der Waals surface area contributed by atoms with Gasteiger partial charge in [-0.2, -0.15) is 0 Å². The first-order valence-electron chi connectivity index (χ1n) is 4.39. The van der Waals surface area contributed by atoms with E-state index in [0.717, 1.165) is 16.9 Å². The molecule has 1 unspecified atom stereocenters. The van der Waals surface area contributed by atoms with Crippen LogP contribution in [0.3, 0.4) is 0 Å². The molecule has 2 heteroatoms. The molecule has 1 atom stereocenters. The van der Waals surface area contributed by atoms with Gasteiger partial charge in [0.15, 0.2) is 0 Å². The Bertz CT molecular complexity index is 331. The minimum atomic E-state index is -0.289. The number of fused-ring (bicyclic) bond motifs is 1. The Hall–Kier alpha value is -1.28. The molecule has 1 heterocycles. The normalized spacial score (nSPS) is 19.8. The van der Waals surface area contributed by atoms with Gasteiger partial charge >= 0.3 is 0 Å². The Morgan fingerprint density at radius 3 is 2.92 bits per heavy atom. The highest BCUT2D eigenvalue weighted by atomic mass is 16.7. The van der Waals surface area contributed by atoms with Gasteiger partial charge in [-0.15, -0.1) is 0 Å². The van der Waals surface area contributed by atoms with Crippen LogP contribution in [0.4, 0.5) is 0 Å². The van der Waals surface area contributed by atoms with Gasteiger partial charge < -0.3 is 9.47 Å².